The van der Waals surface area contributed by atoms with E-state index in [1.165, 1.54) is 17.7 Å². The van der Waals surface area contributed by atoms with E-state index in [0.29, 0.717) is 11.7 Å². The number of hydrogen-bond acceptors (Lipinski definition) is 6. The molecule has 4 rings (SSSR count). The molecular weight excluding hydrogens is 372 g/mol. The summed E-state index contributed by atoms with van der Waals surface area (Å²) >= 11 is 0. The van der Waals surface area contributed by atoms with E-state index < -0.39 is 0 Å². The summed E-state index contributed by atoms with van der Waals surface area (Å²) in [5.41, 5.74) is 4.86. The molecule has 1 atom stereocenters. The monoisotopic (exact) mass is 398 g/mol. The van der Waals surface area contributed by atoms with Gasteiger partial charge in [-0.25, -0.2) is 9.97 Å². The molecule has 6 heteroatoms. The molecule has 3 heterocycles. The lowest BCUT2D eigenvalue weighted by Gasteiger charge is -2.25. The molecule has 3 aromatic rings. The van der Waals surface area contributed by atoms with Crippen molar-refractivity contribution in [1.29, 1.82) is 5.26 Å². The van der Waals surface area contributed by atoms with Crippen LogP contribution in [0.5, 0.6) is 0 Å². The molecule has 0 bridgehead atoms. The van der Waals surface area contributed by atoms with Crippen molar-refractivity contribution in [2.75, 3.05) is 30.9 Å². The predicted octanol–water partition coefficient (Wildman–Crippen LogP) is 4.49. The van der Waals surface area contributed by atoms with Crippen LogP contribution in [0.15, 0.2) is 60.8 Å². The highest BCUT2D eigenvalue weighted by atomic mass is 15.2. The maximum absolute atomic E-state index is 8.89. The van der Waals surface area contributed by atoms with E-state index in [-0.39, 0.29) is 0 Å². The first-order valence-corrected chi connectivity index (χ1v) is 10.2. The summed E-state index contributed by atoms with van der Waals surface area (Å²) in [6.07, 6.45) is 3.95. The maximum Gasteiger partial charge on any atom is 0.140 e. The van der Waals surface area contributed by atoms with Crippen LogP contribution < -0.4 is 10.2 Å². The highest BCUT2D eigenvalue weighted by Crippen LogP contribution is 2.33. The minimum absolute atomic E-state index is 0.319. The Morgan fingerprint density at radius 3 is 2.67 bits per heavy atom. The second kappa shape index (κ2) is 8.93. The molecule has 1 aromatic carbocycles. The molecule has 6 nitrogen and oxygen atoms in total. The summed E-state index contributed by atoms with van der Waals surface area (Å²) < 4.78 is 0. The molecule has 152 valence electrons. The molecule has 2 aromatic heterocycles. The lowest BCUT2D eigenvalue weighted by molar-refractivity contribution is 0.244. The SMILES string of the molecule is CN(C)c1ccc(CN2CCCC2c2cccc(Nc3ccc(C#N)nc3)n2)cc1. The largest absolute Gasteiger partial charge is 0.378 e. The van der Waals surface area contributed by atoms with Crippen LogP contribution in [0.1, 0.15) is 35.8 Å². The van der Waals surface area contributed by atoms with Crippen molar-refractivity contribution in [2.45, 2.75) is 25.4 Å². The van der Waals surface area contributed by atoms with Gasteiger partial charge >= 0.3 is 0 Å². The Kier molecular flexibility index (Phi) is 5.92. The average Bonchev–Trinajstić information content (AvgIpc) is 3.23. The van der Waals surface area contributed by atoms with Gasteiger partial charge in [-0.1, -0.05) is 18.2 Å². The number of benzene rings is 1. The summed E-state index contributed by atoms with van der Waals surface area (Å²) in [6.45, 7) is 2.01. The van der Waals surface area contributed by atoms with Crippen molar-refractivity contribution >= 4 is 17.2 Å². The fraction of sp³-hybridized carbons (Fsp3) is 0.292. The van der Waals surface area contributed by atoms with Crippen LogP contribution in [0.2, 0.25) is 0 Å². The van der Waals surface area contributed by atoms with Gasteiger partial charge in [0.1, 0.15) is 17.6 Å². The van der Waals surface area contributed by atoms with Crippen LogP contribution in [-0.2, 0) is 6.54 Å². The molecule has 0 amide bonds. The van der Waals surface area contributed by atoms with Gasteiger partial charge in [-0.3, -0.25) is 4.90 Å². The van der Waals surface area contributed by atoms with E-state index in [0.717, 1.165) is 36.7 Å². The minimum atomic E-state index is 0.319. The van der Waals surface area contributed by atoms with Crippen molar-refractivity contribution in [2.24, 2.45) is 0 Å². The number of nitriles is 1. The molecule has 1 saturated heterocycles. The normalized spacial score (nSPS) is 16.2. The van der Waals surface area contributed by atoms with E-state index in [2.05, 4.69) is 64.5 Å². The molecular formula is C24H26N6. The molecule has 0 radical (unpaired) electrons. The minimum Gasteiger partial charge on any atom is -0.378 e. The van der Waals surface area contributed by atoms with Crippen molar-refractivity contribution in [3.05, 3.63) is 77.7 Å². The van der Waals surface area contributed by atoms with Crippen molar-refractivity contribution in [3.63, 3.8) is 0 Å². The van der Waals surface area contributed by atoms with Crippen LogP contribution in [-0.4, -0.2) is 35.5 Å². The highest BCUT2D eigenvalue weighted by Gasteiger charge is 2.27. The first-order valence-electron chi connectivity index (χ1n) is 10.2. The highest BCUT2D eigenvalue weighted by molar-refractivity contribution is 5.55. The van der Waals surface area contributed by atoms with Crippen molar-refractivity contribution in [3.8, 4) is 6.07 Å². The summed E-state index contributed by atoms with van der Waals surface area (Å²) in [4.78, 5) is 13.6. The zero-order valence-corrected chi connectivity index (χ0v) is 17.4. The molecule has 0 spiro atoms. The lowest BCUT2D eigenvalue weighted by atomic mass is 10.1. The van der Waals surface area contributed by atoms with Crippen LogP contribution >= 0.6 is 0 Å². The average molecular weight is 399 g/mol. The second-order valence-electron chi connectivity index (χ2n) is 7.81. The third-order valence-corrected chi connectivity index (χ3v) is 5.46. The Hall–Kier alpha value is -3.43. The molecule has 1 fully saturated rings. The standard InChI is InChI=1S/C24H26N6/c1-29(2)21-12-8-18(9-13-21)17-30-14-4-6-23(30)22-5-3-7-24(28-22)27-20-11-10-19(15-25)26-16-20/h3,5,7-13,16,23H,4,6,14,17H2,1-2H3,(H,27,28). The fourth-order valence-electron chi connectivity index (χ4n) is 3.87. The molecule has 30 heavy (non-hydrogen) atoms. The van der Waals surface area contributed by atoms with Gasteiger partial charge in [0.25, 0.3) is 0 Å². The predicted molar refractivity (Wildman–Crippen MR) is 120 cm³/mol. The Morgan fingerprint density at radius 2 is 1.97 bits per heavy atom. The van der Waals surface area contributed by atoms with Crippen LogP contribution in [0.25, 0.3) is 0 Å². The first kappa shape index (κ1) is 19.9. The van der Waals surface area contributed by atoms with E-state index in [4.69, 9.17) is 10.2 Å². The smallest absolute Gasteiger partial charge is 0.140 e. The van der Waals surface area contributed by atoms with Crippen LogP contribution in [0.4, 0.5) is 17.2 Å². The van der Waals surface area contributed by atoms with Gasteiger partial charge in [-0.15, -0.1) is 0 Å². The fourth-order valence-corrected chi connectivity index (χ4v) is 3.87. The summed E-state index contributed by atoms with van der Waals surface area (Å²) in [7, 11) is 4.12. The zero-order chi connectivity index (χ0) is 20.9. The molecule has 0 saturated carbocycles. The second-order valence-corrected chi connectivity index (χ2v) is 7.81. The van der Waals surface area contributed by atoms with Crippen LogP contribution in [0, 0.1) is 11.3 Å². The molecule has 1 aliphatic heterocycles. The Morgan fingerprint density at radius 1 is 1.13 bits per heavy atom. The number of rotatable bonds is 6. The van der Waals surface area contributed by atoms with Gasteiger partial charge in [-0.2, -0.15) is 5.26 Å². The van der Waals surface area contributed by atoms with Gasteiger partial charge in [0.2, 0.25) is 0 Å². The van der Waals surface area contributed by atoms with Crippen molar-refractivity contribution in [1.82, 2.24) is 14.9 Å². The number of pyridine rings is 2. The van der Waals surface area contributed by atoms with Gasteiger partial charge in [0, 0.05) is 26.3 Å². The third-order valence-electron chi connectivity index (χ3n) is 5.46. The molecule has 1 aliphatic rings. The maximum atomic E-state index is 8.89. The molecule has 1 unspecified atom stereocenters. The third kappa shape index (κ3) is 4.58. The summed E-state index contributed by atoms with van der Waals surface area (Å²) in [5, 5.41) is 12.2. The topological polar surface area (TPSA) is 68.1 Å². The number of nitrogens with zero attached hydrogens (tertiary/aromatic N) is 5. The Balaban J connectivity index is 1.47. The van der Waals surface area contributed by atoms with E-state index in [9.17, 15) is 0 Å². The summed E-state index contributed by atoms with van der Waals surface area (Å²) in [6, 6.07) is 20.8. The zero-order valence-electron chi connectivity index (χ0n) is 17.4. The van der Waals surface area contributed by atoms with Gasteiger partial charge in [0.05, 0.1) is 23.6 Å². The Bertz CT molecular complexity index is 1020. The number of likely N-dealkylation sites (tertiary alicyclic amines) is 1. The number of nitrogens with one attached hydrogen (secondary N) is 1. The van der Waals surface area contributed by atoms with E-state index in [1.807, 2.05) is 24.3 Å². The Labute approximate surface area is 177 Å². The number of aromatic nitrogens is 2. The number of anilines is 3. The first-order chi connectivity index (χ1) is 14.6. The number of hydrogen-bond donors (Lipinski definition) is 1. The van der Waals surface area contributed by atoms with Gasteiger partial charge in [-0.05, 0) is 61.3 Å². The molecule has 1 N–H and O–H groups in total. The van der Waals surface area contributed by atoms with E-state index >= 15 is 0 Å². The quantitative estimate of drug-likeness (QED) is 0.660. The molecule has 0 aliphatic carbocycles. The van der Waals surface area contributed by atoms with Crippen LogP contribution in [0.3, 0.4) is 0 Å². The van der Waals surface area contributed by atoms with Gasteiger partial charge < -0.3 is 10.2 Å². The van der Waals surface area contributed by atoms with E-state index in [1.54, 1.807) is 12.3 Å². The van der Waals surface area contributed by atoms with Crippen molar-refractivity contribution < 1.29 is 0 Å². The lowest BCUT2D eigenvalue weighted by Crippen LogP contribution is -2.23. The van der Waals surface area contributed by atoms with Gasteiger partial charge in [0.15, 0.2) is 0 Å². The summed E-state index contributed by atoms with van der Waals surface area (Å²) in [5.74, 6) is 0.793.